The van der Waals surface area contributed by atoms with Crippen LogP contribution in [0.2, 0.25) is 0 Å². The van der Waals surface area contributed by atoms with Gasteiger partial charge in [0.05, 0.1) is 0 Å². The molecule has 1 heterocycles. The van der Waals surface area contributed by atoms with Gasteiger partial charge < -0.3 is 5.73 Å². The molecular weight excluding hydrogens is 282 g/mol. The molecule has 0 saturated carbocycles. The van der Waals surface area contributed by atoms with Crippen molar-refractivity contribution in [3.05, 3.63) is 40.6 Å². The fraction of sp³-hybridized carbons (Fsp3) is 0.550. The van der Waals surface area contributed by atoms with E-state index < -0.39 is 0 Å². The lowest BCUT2D eigenvalue weighted by Gasteiger charge is -2.33. The van der Waals surface area contributed by atoms with Crippen LogP contribution in [0.3, 0.4) is 0 Å². The van der Waals surface area contributed by atoms with Gasteiger partial charge in [-0.2, -0.15) is 0 Å². The number of allylic oxidation sites excluding steroid dienone is 2. The number of piperidine rings is 1. The van der Waals surface area contributed by atoms with Crippen LogP contribution in [0.5, 0.6) is 0 Å². The van der Waals surface area contributed by atoms with Crippen molar-refractivity contribution in [1.29, 1.82) is 0 Å². The van der Waals surface area contributed by atoms with Gasteiger partial charge in [-0.1, -0.05) is 18.6 Å². The zero-order valence-electron chi connectivity index (χ0n) is 14.7. The van der Waals surface area contributed by atoms with Gasteiger partial charge in [0.2, 0.25) is 0 Å². The molecule has 0 radical (unpaired) electrons. The van der Waals surface area contributed by atoms with Crippen molar-refractivity contribution in [2.75, 3.05) is 20.1 Å². The second kappa shape index (κ2) is 6.88. The van der Waals surface area contributed by atoms with Crippen LogP contribution in [0, 0.1) is 0 Å². The van der Waals surface area contributed by atoms with Crippen LogP contribution in [0.1, 0.15) is 62.3 Å². The second-order valence-electron chi connectivity index (χ2n) is 6.93. The summed E-state index contributed by atoms with van der Waals surface area (Å²) in [7, 11) is 1.84. The summed E-state index contributed by atoms with van der Waals surface area (Å²) >= 11 is 0. The Hall–Kier alpha value is -1.61. The first-order valence-corrected chi connectivity index (χ1v) is 8.89. The van der Waals surface area contributed by atoms with E-state index in [2.05, 4.69) is 28.1 Å². The van der Waals surface area contributed by atoms with Gasteiger partial charge in [0.15, 0.2) is 0 Å². The molecule has 0 spiro atoms. The van der Waals surface area contributed by atoms with Gasteiger partial charge in [0, 0.05) is 30.1 Å². The van der Waals surface area contributed by atoms with Crippen molar-refractivity contribution in [1.82, 2.24) is 4.90 Å². The molecule has 124 valence electrons. The Morgan fingerprint density at radius 1 is 1.17 bits per heavy atom. The molecule has 0 amide bonds. The predicted molar refractivity (Wildman–Crippen MR) is 98.7 cm³/mol. The summed E-state index contributed by atoms with van der Waals surface area (Å²) in [5, 5.41) is 0. The molecule has 1 aliphatic heterocycles. The minimum absolute atomic E-state index is 0.600. The lowest BCUT2D eigenvalue weighted by Crippen LogP contribution is -2.32. The number of rotatable bonds is 3. The van der Waals surface area contributed by atoms with Crippen molar-refractivity contribution >= 4 is 11.3 Å². The largest absolute Gasteiger partial charge is 0.402 e. The highest BCUT2D eigenvalue weighted by molar-refractivity contribution is 6.23. The Morgan fingerprint density at radius 2 is 1.91 bits per heavy atom. The van der Waals surface area contributed by atoms with E-state index >= 15 is 0 Å². The molecule has 3 rings (SSSR count). The molecule has 1 aliphatic carbocycles. The SMILES string of the molecule is CN=C(C)/C(=C(/C)N)c1ccc2c(c1)C(N1CCCCC1)CC2. The van der Waals surface area contributed by atoms with Gasteiger partial charge in [-0.25, -0.2) is 0 Å². The third-order valence-corrected chi connectivity index (χ3v) is 5.40. The highest BCUT2D eigenvalue weighted by Gasteiger charge is 2.29. The molecule has 3 heteroatoms. The minimum atomic E-state index is 0.600. The van der Waals surface area contributed by atoms with E-state index in [1.807, 2.05) is 20.9 Å². The number of benzene rings is 1. The Labute approximate surface area is 140 Å². The molecule has 2 N–H and O–H groups in total. The number of likely N-dealkylation sites (tertiary alicyclic amines) is 1. The van der Waals surface area contributed by atoms with Crippen molar-refractivity contribution in [2.45, 2.75) is 52.0 Å². The zero-order chi connectivity index (χ0) is 16.4. The van der Waals surface area contributed by atoms with E-state index in [0.717, 1.165) is 17.0 Å². The maximum atomic E-state index is 6.16. The number of aryl methyl sites for hydroxylation is 1. The van der Waals surface area contributed by atoms with Gasteiger partial charge in [-0.05, 0) is 75.4 Å². The average molecular weight is 311 g/mol. The summed E-state index contributed by atoms with van der Waals surface area (Å²) in [6.45, 7) is 6.52. The van der Waals surface area contributed by atoms with Gasteiger partial charge in [0.25, 0.3) is 0 Å². The molecule has 0 bridgehead atoms. The molecule has 1 saturated heterocycles. The van der Waals surface area contributed by atoms with Gasteiger partial charge in [0.1, 0.15) is 0 Å². The monoisotopic (exact) mass is 311 g/mol. The summed E-state index contributed by atoms with van der Waals surface area (Å²) in [6, 6.07) is 7.50. The Bertz CT molecular complexity index is 632. The predicted octanol–water partition coefficient (Wildman–Crippen LogP) is 3.94. The molecule has 2 aliphatic rings. The molecule has 23 heavy (non-hydrogen) atoms. The Morgan fingerprint density at radius 3 is 2.57 bits per heavy atom. The number of nitrogens with zero attached hydrogens (tertiary/aromatic N) is 2. The lowest BCUT2D eigenvalue weighted by molar-refractivity contribution is 0.163. The third kappa shape index (κ3) is 3.20. The summed E-state index contributed by atoms with van der Waals surface area (Å²) in [6.07, 6.45) is 6.56. The lowest BCUT2D eigenvalue weighted by atomic mass is 9.95. The summed E-state index contributed by atoms with van der Waals surface area (Å²) < 4.78 is 0. The van der Waals surface area contributed by atoms with E-state index in [1.54, 1.807) is 0 Å². The fourth-order valence-corrected chi connectivity index (χ4v) is 4.18. The van der Waals surface area contributed by atoms with Crippen LogP contribution >= 0.6 is 0 Å². The quantitative estimate of drug-likeness (QED) is 0.859. The number of aliphatic imine (C=N–C) groups is 1. The Balaban J connectivity index is 1.96. The number of hydrogen-bond donors (Lipinski definition) is 1. The maximum Gasteiger partial charge on any atom is 0.0409 e. The van der Waals surface area contributed by atoms with Crippen LogP contribution in [0.15, 0.2) is 28.9 Å². The first-order chi connectivity index (χ1) is 11.1. The van der Waals surface area contributed by atoms with Crippen LogP contribution < -0.4 is 5.73 Å². The van der Waals surface area contributed by atoms with E-state index in [-0.39, 0.29) is 0 Å². The van der Waals surface area contributed by atoms with Gasteiger partial charge in [-0.15, -0.1) is 0 Å². The van der Waals surface area contributed by atoms with Crippen LogP contribution in [-0.4, -0.2) is 30.7 Å². The van der Waals surface area contributed by atoms with Crippen LogP contribution in [0.25, 0.3) is 5.57 Å². The zero-order valence-corrected chi connectivity index (χ0v) is 14.7. The molecule has 3 nitrogen and oxygen atoms in total. The number of hydrogen-bond acceptors (Lipinski definition) is 3. The highest BCUT2D eigenvalue weighted by Crippen LogP contribution is 2.38. The maximum absolute atomic E-state index is 6.16. The van der Waals surface area contributed by atoms with Crippen molar-refractivity contribution in [2.24, 2.45) is 10.7 Å². The molecule has 1 fully saturated rings. The van der Waals surface area contributed by atoms with Crippen LogP contribution in [-0.2, 0) is 6.42 Å². The van der Waals surface area contributed by atoms with E-state index in [4.69, 9.17) is 5.73 Å². The van der Waals surface area contributed by atoms with E-state index in [0.29, 0.717) is 6.04 Å². The molecule has 0 aromatic heterocycles. The summed E-state index contributed by atoms with van der Waals surface area (Å²) in [4.78, 5) is 7.05. The molecule has 1 aromatic carbocycles. The van der Waals surface area contributed by atoms with E-state index in [9.17, 15) is 0 Å². The summed E-state index contributed by atoms with van der Waals surface area (Å²) in [5.74, 6) is 0. The summed E-state index contributed by atoms with van der Waals surface area (Å²) in [5.41, 5.74) is 13.4. The van der Waals surface area contributed by atoms with Crippen molar-refractivity contribution in [3.8, 4) is 0 Å². The number of nitrogens with two attached hydrogens (primary N) is 1. The van der Waals surface area contributed by atoms with Gasteiger partial charge in [-0.3, -0.25) is 9.89 Å². The normalized spacial score (nSPS) is 23.6. The average Bonchev–Trinajstić information content (AvgIpc) is 2.98. The third-order valence-electron chi connectivity index (χ3n) is 5.40. The van der Waals surface area contributed by atoms with E-state index in [1.165, 1.54) is 61.9 Å². The minimum Gasteiger partial charge on any atom is -0.402 e. The highest BCUT2D eigenvalue weighted by atomic mass is 15.2. The van der Waals surface area contributed by atoms with Crippen molar-refractivity contribution in [3.63, 3.8) is 0 Å². The van der Waals surface area contributed by atoms with Crippen molar-refractivity contribution < 1.29 is 0 Å². The number of fused-ring (bicyclic) bond motifs is 1. The first-order valence-electron chi connectivity index (χ1n) is 8.89. The standard InChI is InChI=1S/C20H29N3/c1-14(21)20(15(2)22-3)17-8-7-16-9-10-19(18(16)13-17)23-11-5-4-6-12-23/h7-8,13,19H,4-6,9-12,21H2,1-3H3/b20-14+,22-15?. The second-order valence-corrected chi connectivity index (χ2v) is 6.93. The first kappa shape index (κ1) is 16.3. The smallest absolute Gasteiger partial charge is 0.0409 e. The van der Waals surface area contributed by atoms with Crippen LogP contribution in [0.4, 0.5) is 0 Å². The molecule has 1 atom stereocenters. The van der Waals surface area contributed by atoms with Gasteiger partial charge >= 0.3 is 0 Å². The fourth-order valence-electron chi connectivity index (χ4n) is 4.18. The topological polar surface area (TPSA) is 41.6 Å². The molecular formula is C20H29N3. The molecule has 1 aromatic rings. The Kier molecular flexibility index (Phi) is 4.86. The molecule has 1 unspecified atom stereocenters.